The van der Waals surface area contributed by atoms with Gasteiger partial charge < -0.3 is 10.3 Å². The molecule has 2 aromatic rings. The van der Waals surface area contributed by atoms with E-state index < -0.39 is 0 Å². The molecule has 0 fully saturated rings. The topological polar surface area (TPSA) is 30.9 Å². The van der Waals surface area contributed by atoms with Crippen molar-refractivity contribution in [2.75, 3.05) is 6.54 Å². The van der Waals surface area contributed by atoms with Crippen molar-refractivity contribution in [2.24, 2.45) is 5.73 Å². The molecule has 0 amide bonds. The summed E-state index contributed by atoms with van der Waals surface area (Å²) in [5.74, 6) is 0. The maximum Gasteiger partial charge on any atom is 0.0488 e. The number of aryl methyl sites for hydroxylation is 4. The normalized spacial score (nSPS) is 11.4. The first-order chi connectivity index (χ1) is 9.17. The van der Waals surface area contributed by atoms with Crippen LogP contribution in [0, 0.1) is 13.8 Å². The van der Waals surface area contributed by atoms with Crippen LogP contribution in [0.2, 0.25) is 0 Å². The van der Waals surface area contributed by atoms with E-state index in [9.17, 15) is 0 Å². The van der Waals surface area contributed by atoms with Gasteiger partial charge in [-0.25, -0.2) is 0 Å². The lowest BCUT2D eigenvalue weighted by Crippen LogP contribution is -2.00. The number of unbranched alkanes of at least 4 members (excludes halogenated alkanes) is 1. The standard InChI is InChI=1S/C17H26N2/c1-4-5-9-19-12-15(7-6-8-18)17-14(3)10-13(2)11-16(17)19/h10-12H,4-9,18H2,1-3H3. The summed E-state index contributed by atoms with van der Waals surface area (Å²) in [6.45, 7) is 8.55. The highest BCUT2D eigenvalue weighted by molar-refractivity contribution is 5.88. The Labute approximate surface area is 116 Å². The maximum atomic E-state index is 5.66. The highest BCUT2D eigenvalue weighted by Gasteiger charge is 2.11. The van der Waals surface area contributed by atoms with Crippen LogP contribution in [-0.2, 0) is 13.0 Å². The van der Waals surface area contributed by atoms with Crippen molar-refractivity contribution in [3.8, 4) is 0 Å². The van der Waals surface area contributed by atoms with Gasteiger partial charge in [-0.15, -0.1) is 0 Å². The number of benzene rings is 1. The van der Waals surface area contributed by atoms with E-state index in [0.717, 1.165) is 25.9 Å². The summed E-state index contributed by atoms with van der Waals surface area (Å²) in [6.07, 6.45) is 6.99. The Kier molecular flexibility index (Phi) is 4.65. The zero-order chi connectivity index (χ0) is 13.8. The number of nitrogens with zero attached hydrogens (tertiary/aromatic N) is 1. The first kappa shape index (κ1) is 14.1. The average molecular weight is 258 g/mol. The van der Waals surface area contributed by atoms with Crippen molar-refractivity contribution in [1.29, 1.82) is 0 Å². The Morgan fingerprint density at radius 3 is 2.63 bits per heavy atom. The van der Waals surface area contributed by atoms with Crippen LogP contribution in [0.1, 0.15) is 42.9 Å². The van der Waals surface area contributed by atoms with Gasteiger partial charge in [0.15, 0.2) is 0 Å². The molecule has 0 radical (unpaired) electrons. The molecule has 0 saturated carbocycles. The molecule has 2 nitrogen and oxygen atoms in total. The first-order valence-electron chi connectivity index (χ1n) is 7.46. The minimum Gasteiger partial charge on any atom is -0.347 e. The van der Waals surface area contributed by atoms with Gasteiger partial charge in [-0.05, 0) is 62.4 Å². The Balaban J connectivity index is 2.49. The molecule has 104 valence electrons. The van der Waals surface area contributed by atoms with Crippen LogP contribution in [0.15, 0.2) is 18.3 Å². The monoisotopic (exact) mass is 258 g/mol. The molecule has 0 aliphatic heterocycles. The molecular formula is C17H26N2. The number of hydrogen-bond donors (Lipinski definition) is 1. The molecule has 2 N–H and O–H groups in total. The fourth-order valence-electron chi connectivity index (χ4n) is 2.91. The average Bonchev–Trinajstić information content (AvgIpc) is 2.72. The summed E-state index contributed by atoms with van der Waals surface area (Å²) < 4.78 is 2.44. The van der Waals surface area contributed by atoms with Crippen molar-refractivity contribution in [3.63, 3.8) is 0 Å². The van der Waals surface area contributed by atoms with E-state index in [0.29, 0.717) is 0 Å². The predicted octanol–water partition coefficient (Wildman–Crippen LogP) is 3.95. The number of hydrogen-bond acceptors (Lipinski definition) is 1. The minimum absolute atomic E-state index is 0.770. The van der Waals surface area contributed by atoms with E-state index in [4.69, 9.17) is 5.73 Å². The van der Waals surface area contributed by atoms with Gasteiger partial charge in [0.1, 0.15) is 0 Å². The molecule has 0 unspecified atom stereocenters. The zero-order valence-electron chi connectivity index (χ0n) is 12.5. The molecule has 1 heterocycles. The van der Waals surface area contributed by atoms with Gasteiger partial charge in [0.05, 0.1) is 0 Å². The molecule has 0 spiro atoms. The molecule has 0 aliphatic carbocycles. The van der Waals surface area contributed by atoms with E-state index in [1.54, 1.807) is 0 Å². The third-order valence-electron chi connectivity index (χ3n) is 3.80. The van der Waals surface area contributed by atoms with Crippen LogP contribution < -0.4 is 5.73 Å². The number of nitrogens with two attached hydrogens (primary N) is 1. The van der Waals surface area contributed by atoms with Crippen LogP contribution >= 0.6 is 0 Å². The fourth-order valence-corrected chi connectivity index (χ4v) is 2.91. The van der Waals surface area contributed by atoms with Crippen molar-refractivity contribution in [2.45, 2.75) is 53.0 Å². The second-order valence-electron chi connectivity index (χ2n) is 5.57. The van der Waals surface area contributed by atoms with E-state index in [2.05, 4.69) is 43.7 Å². The van der Waals surface area contributed by atoms with E-state index in [1.807, 2.05) is 0 Å². The molecule has 19 heavy (non-hydrogen) atoms. The summed E-state index contributed by atoms with van der Waals surface area (Å²) in [5, 5.41) is 1.45. The molecule has 0 bridgehead atoms. The quantitative estimate of drug-likeness (QED) is 0.835. The number of rotatable bonds is 6. The van der Waals surface area contributed by atoms with Gasteiger partial charge in [-0.3, -0.25) is 0 Å². The summed E-state index contributed by atoms with van der Waals surface area (Å²) in [7, 11) is 0. The highest BCUT2D eigenvalue weighted by atomic mass is 15.0. The van der Waals surface area contributed by atoms with Crippen LogP contribution in [0.25, 0.3) is 10.9 Å². The third kappa shape index (κ3) is 3.01. The Morgan fingerprint density at radius 1 is 1.16 bits per heavy atom. The summed E-state index contributed by atoms with van der Waals surface area (Å²) in [5.41, 5.74) is 11.3. The fraction of sp³-hybridized carbons (Fsp3) is 0.529. The molecule has 0 saturated heterocycles. The van der Waals surface area contributed by atoms with Gasteiger partial charge in [-0.1, -0.05) is 19.4 Å². The van der Waals surface area contributed by atoms with E-state index >= 15 is 0 Å². The number of fused-ring (bicyclic) bond motifs is 1. The lowest BCUT2D eigenvalue weighted by Gasteiger charge is -2.06. The Hall–Kier alpha value is -1.28. The van der Waals surface area contributed by atoms with Crippen LogP contribution in [-0.4, -0.2) is 11.1 Å². The molecular weight excluding hydrogens is 232 g/mol. The van der Waals surface area contributed by atoms with E-state index in [-0.39, 0.29) is 0 Å². The second kappa shape index (κ2) is 6.25. The first-order valence-corrected chi connectivity index (χ1v) is 7.46. The molecule has 1 aromatic carbocycles. The Morgan fingerprint density at radius 2 is 1.95 bits per heavy atom. The largest absolute Gasteiger partial charge is 0.347 e. The van der Waals surface area contributed by atoms with Gasteiger partial charge in [0, 0.05) is 23.6 Å². The summed E-state index contributed by atoms with van der Waals surface area (Å²) in [4.78, 5) is 0. The van der Waals surface area contributed by atoms with Gasteiger partial charge >= 0.3 is 0 Å². The molecule has 2 rings (SSSR count). The SMILES string of the molecule is CCCCn1cc(CCCN)c2c(C)cc(C)cc21. The highest BCUT2D eigenvalue weighted by Crippen LogP contribution is 2.27. The van der Waals surface area contributed by atoms with Crippen molar-refractivity contribution in [1.82, 2.24) is 4.57 Å². The Bertz CT molecular complexity index is 552. The van der Waals surface area contributed by atoms with Gasteiger partial charge in [0.2, 0.25) is 0 Å². The number of aromatic nitrogens is 1. The molecule has 2 heteroatoms. The van der Waals surface area contributed by atoms with E-state index in [1.165, 1.54) is 40.4 Å². The van der Waals surface area contributed by atoms with Gasteiger partial charge in [-0.2, -0.15) is 0 Å². The third-order valence-corrected chi connectivity index (χ3v) is 3.80. The molecule has 0 aliphatic rings. The van der Waals surface area contributed by atoms with Gasteiger partial charge in [0.25, 0.3) is 0 Å². The minimum atomic E-state index is 0.770. The van der Waals surface area contributed by atoms with Crippen molar-refractivity contribution < 1.29 is 0 Å². The predicted molar refractivity (Wildman–Crippen MR) is 83.7 cm³/mol. The van der Waals surface area contributed by atoms with Crippen LogP contribution in [0.3, 0.4) is 0 Å². The smallest absolute Gasteiger partial charge is 0.0488 e. The lowest BCUT2D eigenvalue weighted by molar-refractivity contribution is 0.647. The van der Waals surface area contributed by atoms with Crippen molar-refractivity contribution >= 4 is 10.9 Å². The zero-order valence-corrected chi connectivity index (χ0v) is 12.5. The van der Waals surface area contributed by atoms with Crippen LogP contribution in [0.5, 0.6) is 0 Å². The van der Waals surface area contributed by atoms with Crippen LogP contribution in [0.4, 0.5) is 0 Å². The summed E-state index contributed by atoms with van der Waals surface area (Å²) >= 11 is 0. The molecule has 0 atom stereocenters. The molecule has 1 aromatic heterocycles. The maximum absolute atomic E-state index is 5.66. The van der Waals surface area contributed by atoms with Crippen molar-refractivity contribution in [3.05, 3.63) is 35.0 Å². The lowest BCUT2D eigenvalue weighted by atomic mass is 10.0. The second-order valence-corrected chi connectivity index (χ2v) is 5.57. The summed E-state index contributed by atoms with van der Waals surface area (Å²) in [6, 6.07) is 4.61.